The number of hydrogen-bond acceptors (Lipinski definition) is 5. The van der Waals surface area contributed by atoms with Gasteiger partial charge in [0.2, 0.25) is 0 Å². The van der Waals surface area contributed by atoms with Crippen LogP contribution < -0.4 is 0 Å². The zero-order valence-electron chi connectivity index (χ0n) is 6.70. The maximum atomic E-state index is 11.2. The number of carbonyl (C=O) groups excluding carboxylic acids is 1. The molecule has 1 aliphatic carbocycles. The molecule has 1 N–H and O–H groups in total. The minimum Gasteiger partial charge on any atom is -0.294 e. The molecule has 2 unspecified atom stereocenters. The Labute approximate surface area is 69.1 Å². The largest absolute Gasteiger partial charge is 0.354 e. The molecule has 1 saturated heterocycles. The molecule has 0 radical (unpaired) electrons. The quantitative estimate of drug-likeness (QED) is 0.471. The molecule has 5 nitrogen and oxygen atoms in total. The molecular formula is C7H10O5. The zero-order valence-corrected chi connectivity index (χ0v) is 6.70. The van der Waals surface area contributed by atoms with Gasteiger partial charge in [0.1, 0.15) is 5.41 Å². The van der Waals surface area contributed by atoms with Gasteiger partial charge in [0.15, 0.2) is 0 Å². The van der Waals surface area contributed by atoms with Crippen LogP contribution in [0, 0.1) is 5.41 Å². The van der Waals surface area contributed by atoms with Gasteiger partial charge in [-0.25, -0.2) is 10.1 Å². The van der Waals surface area contributed by atoms with Gasteiger partial charge in [-0.2, -0.15) is 4.89 Å². The van der Waals surface area contributed by atoms with Crippen molar-refractivity contribution in [2.75, 3.05) is 0 Å². The van der Waals surface area contributed by atoms with Crippen LogP contribution in [0.1, 0.15) is 26.2 Å². The molecule has 1 aliphatic heterocycles. The van der Waals surface area contributed by atoms with Crippen LogP contribution in [0.2, 0.25) is 0 Å². The first-order valence-corrected chi connectivity index (χ1v) is 3.87. The first-order valence-electron chi connectivity index (χ1n) is 3.87. The van der Waals surface area contributed by atoms with E-state index in [0.29, 0.717) is 12.8 Å². The average molecular weight is 174 g/mol. The second-order valence-corrected chi connectivity index (χ2v) is 3.48. The Kier molecular flexibility index (Phi) is 1.45. The van der Waals surface area contributed by atoms with Crippen LogP contribution in [-0.4, -0.2) is 17.0 Å². The van der Waals surface area contributed by atoms with Gasteiger partial charge in [0.25, 0.3) is 5.79 Å². The topological polar surface area (TPSA) is 65.0 Å². The van der Waals surface area contributed by atoms with E-state index < -0.39 is 17.2 Å². The van der Waals surface area contributed by atoms with Crippen LogP contribution in [0.15, 0.2) is 0 Å². The van der Waals surface area contributed by atoms with Gasteiger partial charge in [0.05, 0.1) is 0 Å². The molecule has 1 heterocycles. The van der Waals surface area contributed by atoms with Crippen molar-refractivity contribution in [2.24, 2.45) is 5.41 Å². The highest BCUT2D eigenvalue weighted by atomic mass is 17.3. The first-order chi connectivity index (χ1) is 5.65. The molecule has 0 amide bonds. The summed E-state index contributed by atoms with van der Waals surface area (Å²) >= 11 is 0. The molecule has 0 spiro atoms. The second-order valence-electron chi connectivity index (χ2n) is 3.48. The van der Waals surface area contributed by atoms with Crippen LogP contribution in [-0.2, 0) is 19.5 Å². The van der Waals surface area contributed by atoms with Gasteiger partial charge in [-0.3, -0.25) is 4.89 Å². The van der Waals surface area contributed by atoms with E-state index >= 15 is 0 Å². The number of fused-ring (bicyclic) bond motifs is 1. The maximum Gasteiger partial charge on any atom is 0.354 e. The molecule has 0 bridgehead atoms. The van der Waals surface area contributed by atoms with Crippen LogP contribution in [0.5, 0.6) is 0 Å². The van der Waals surface area contributed by atoms with Crippen molar-refractivity contribution in [3.05, 3.63) is 0 Å². The van der Waals surface area contributed by atoms with E-state index in [9.17, 15) is 4.79 Å². The Morgan fingerprint density at radius 2 is 2.33 bits per heavy atom. The second kappa shape index (κ2) is 2.18. The highest BCUT2D eigenvalue weighted by Crippen LogP contribution is 2.53. The van der Waals surface area contributed by atoms with E-state index in [0.717, 1.165) is 6.42 Å². The molecule has 1 saturated carbocycles. The standard InChI is InChI=1S/C7H10O5/c1-6-3-2-4-7(6,11-9)12-10-5(6)8/h9H,2-4H2,1H3. The average Bonchev–Trinajstić information content (AvgIpc) is 2.50. The molecule has 68 valence electrons. The van der Waals surface area contributed by atoms with Crippen LogP contribution >= 0.6 is 0 Å². The lowest BCUT2D eigenvalue weighted by Gasteiger charge is -2.25. The third-order valence-corrected chi connectivity index (χ3v) is 2.87. The third-order valence-electron chi connectivity index (χ3n) is 2.87. The number of rotatable bonds is 1. The smallest absolute Gasteiger partial charge is 0.294 e. The van der Waals surface area contributed by atoms with Gasteiger partial charge in [0, 0.05) is 6.42 Å². The van der Waals surface area contributed by atoms with Crippen molar-refractivity contribution < 1.29 is 24.7 Å². The van der Waals surface area contributed by atoms with Crippen molar-refractivity contribution in [1.29, 1.82) is 0 Å². The molecule has 0 aromatic carbocycles. The fourth-order valence-electron chi connectivity index (χ4n) is 1.89. The number of hydrogen-bond donors (Lipinski definition) is 1. The summed E-state index contributed by atoms with van der Waals surface area (Å²) in [4.78, 5) is 24.5. The van der Waals surface area contributed by atoms with Gasteiger partial charge in [-0.05, 0) is 19.8 Å². The summed E-state index contributed by atoms with van der Waals surface area (Å²) in [5.41, 5.74) is -0.845. The summed E-state index contributed by atoms with van der Waals surface area (Å²) in [7, 11) is 0. The number of carbonyl (C=O) groups is 1. The van der Waals surface area contributed by atoms with Crippen molar-refractivity contribution in [1.82, 2.24) is 0 Å². The SMILES string of the molecule is CC12CCCC1(OO)OOC2=O. The summed E-state index contributed by atoms with van der Waals surface area (Å²) in [5.74, 6) is -1.72. The van der Waals surface area contributed by atoms with E-state index in [1.807, 2.05) is 0 Å². The summed E-state index contributed by atoms with van der Waals surface area (Å²) in [5, 5.41) is 8.65. The summed E-state index contributed by atoms with van der Waals surface area (Å²) in [6.45, 7) is 1.67. The lowest BCUT2D eigenvalue weighted by molar-refractivity contribution is -0.469. The van der Waals surface area contributed by atoms with Crippen molar-refractivity contribution >= 4 is 5.97 Å². The van der Waals surface area contributed by atoms with E-state index in [1.54, 1.807) is 6.92 Å². The fourth-order valence-corrected chi connectivity index (χ4v) is 1.89. The maximum absolute atomic E-state index is 11.2. The molecule has 0 aromatic rings. The molecular weight excluding hydrogens is 164 g/mol. The van der Waals surface area contributed by atoms with Gasteiger partial charge in [-0.1, -0.05) is 0 Å². The predicted octanol–water partition coefficient (Wildman–Crippen LogP) is 0.851. The Balaban J connectivity index is 2.39. The van der Waals surface area contributed by atoms with Crippen molar-refractivity contribution in [2.45, 2.75) is 32.0 Å². The third kappa shape index (κ3) is 0.663. The van der Waals surface area contributed by atoms with Crippen LogP contribution in [0.25, 0.3) is 0 Å². The van der Waals surface area contributed by atoms with E-state index in [4.69, 9.17) is 10.1 Å². The van der Waals surface area contributed by atoms with E-state index in [1.165, 1.54) is 0 Å². The lowest BCUT2D eigenvalue weighted by Crippen LogP contribution is -2.43. The molecule has 2 aliphatic rings. The van der Waals surface area contributed by atoms with Crippen molar-refractivity contribution in [3.8, 4) is 0 Å². The normalized spacial score (nSPS) is 46.0. The Bertz CT molecular complexity index is 228. The molecule has 12 heavy (non-hydrogen) atoms. The Morgan fingerprint density at radius 3 is 2.92 bits per heavy atom. The fraction of sp³-hybridized carbons (Fsp3) is 0.857. The van der Waals surface area contributed by atoms with Crippen LogP contribution in [0.4, 0.5) is 0 Å². The monoisotopic (exact) mass is 174 g/mol. The van der Waals surface area contributed by atoms with E-state index in [2.05, 4.69) is 9.78 Å². The molecule has 5 heteroatoms. The summed E-state index contributed by atoms with van der Waals surface area (Å²) in [6, 6.07) is 0. The minimum atomic E-state index is -1.26. The van der Waals surface area contributed by atoms with Gasteiger partial charge >= 0.3 is 5.97 Å². The van der Waals surface area contributed by atoms with Gasteiger partial charge in [-0.15, -0.1) is 4.89 Å². The molecule has 2 atom stereocenters. The van der Waals surface area contributed by atoms with Gasteiger partial charge < -0.3 is 0 Å². The van der Waals surface area contributed by atoms with E-state index in [-0.39, 0.29) is 0 Å². The van der Waals surface area contributed by atoms with Crippen LogP contribution in [0.3, 0.4) is 0 Å². The summed E-state index contributed by atoms with van der Waals surface area (Å²) < 4.78 is 0. The highest BCUT2D eigenvalue weighted by Gasteiger charge is 2.67. The first kappa shape index (κ1) is 7.97. The summed E-state index contributed by atoms with van der Waals surface area (Å²) in [6.07, 6.45) is 1.88. The molecule has 0 aromatic heterocycles. The molecule has 2 fully saturated rings. The Morgan fingerprint density at radius 1 is 1.58 bits per heavy atom. The molecule has 2 rings (SSSR count). The lowest BCUT2D eigenvalue weighted by atomic mass is 9.84. The minimum absolute atomic E-state index is 0.464. The zero-order chi connectivity index (χ0) is 8.82. The van der Waals surface area contributed by atoms with Crippen molar-refractivity contribution in [3.63, 3.8) is 0 Å². The predicted molar refractivity (Wildman–Crippen MR) is 35.6 cm³/mol. The highest BCUT2D eigenvalue weighted by molar-refractivity contribution is 5.79. The Hall–Kier alpha value is -0.650.